The average Bonchev–Trinajstić information content (AvgIpc) is 2.59. The number of hydrogen-bond acceptors (Lipinski definition) is 3. The number of rotatable bonds is 3. The van der Waals surface area contributed by atoms with Crippen LogP contribution in [-0.4, -0.2) is 18.4 Å². The first-order valence-corrected chi connectivity index (χ1v) is 7.29. The van der Waals surface area contributed by atoms with Crippen molar-refractivity contribution >= 4 is 11.9 Å². The Labute approximate surface area is 134 Å². The van der Waals surface area contributed by atoms with Crippen LogP contribution in [0.3, 0.4) is 0 Å². The average molecular weight is 305 g/mol. The fraction of sp³-hybridized carbons (Fsp3) is 0.158. The predicted molar refractivity (Wildman–Crippen MR) is 85.9 cm³/mol. The lowest BCUT2D eigenvalue weighted by Gasteiger charge is -2.25. The number of hydrogen-bond donors (Lipinski definition) is 1. The number of esters is 1. The first kappa shape index (κ1) is 14.9. The molecule has 114 valence electrons. The van der Waals surface area contributed by atoms with Gasteiger partial charge in [0.25, 0.3) is 5.91 Å². The fourth-order valence-electron chi connectivity index (χ4n) is 2.62. The molecule has 4 heteroatoms. The molecule has 1 N–H and O–H groups in total. The van der Waals surface area contributed by atoms with E-state index < -0.39 is 0 Å². The molecule has 0 unspecified atom stereocenters. The third-order valence-corrected chi connectivity index (χ3v) is 3.76. The van der Waals surface area contributed by atoms with Gasteiger partial charge in [-0.1, -0.05) is 36.3 Å². The molecule has 0 aromatic heterocycles. The number of fused-ring (bicyclic) bond motifs is 1. The highest BCUT2D eigenvalue weighted by atomic mass is 16.5. The largest absolute Gasteiger partial charge is 0.454 e. The number of ether oxygens (including phenoxy) is 1. The van der Waals surface area contributed by atoms with Crippen molar-refractivity contribution in [2.75, 3.05) is 6.54 Å². The van der Waals surface area contributed by atoms with Gasteiger partial charge in [-0.25, -0.2) is 4.79 Å². The summed E-state index contributed by atoms with van der Waals surface area (Å²) in [6, 6.07) is 14.5. The Hall–Kier alpha value is -3.06. The summed E-state index contributed by atoms with van der Waals surface area (Å²) in [5.74, 6) is 1.75. The molecule has 0 radical (unpaired) electrons. The summed E-state index contributed by atoms with van der Waals surface area (Å²) in [5.41, 5.74) is 2.74. The van der Waals surface area contributed by atoms with Gasteiger partial charge in [-0.05, 0) is 29.3 Å². The van der Waals surface area contributed by atoms with Crippen molar-refractivity contribution in [3.8, 4) is 12.3 Å². The van der Waals surface area contributed by atoms with Gasteiger partial charge in [-0.15, -0.1) is 6.42 Å². The monoisotopic (exact) mass is 305 g/mol. The van der Waals surface area contributed by atoms with Gasteiger partial charge < -0.3 is 10.1 Å². The van der Waals surface area contributed by atoms with E-state index in [0.29, 0.717) is 17.5 Å². The lowest BCUT2D eigenvalue weighted by atomic mass is 9.93. The van der Waals surface area contributed by atoms with Crippen molar-refractivity contribution in [1.29, 1.82) is 0 Å². The minimum Gasteiger partial charge on any atom is -0.454 e. The number of terminal acetylenes is 1. The second-order valence-corrected chi connectivity index (χ2v) is 5.27. The maximum Gasteiger partial charge on any atom is 0.339 e. The van der Waals surface area contributed by atoms with Crippen LogP contribution in [0, 0.1) is 12.3 Å². The summed E-state index contributed by atoms with van der Waals surface area (Å²) >= 11 is 0. The Morgan fingerprint density at radius 2 is 2.04 bits per heavy atom. The topological polar surface area (TPSA) is 55.4 Å². The molecule has 4 nitrogen and oxygen atoms in total. The van der Waals surface area contributed by atoms with Crippen LogP contribution in [0.1, 0.15) is 37.9 Å². The van der Waals surface area contributed by atoms with E-state index in [1.54, 1.807) is 18.2 Å². The molecule has 0 saturated carbocycles. The molecular formula is C19H15NO3. The van der Waals surface area contributed by atoms with E-state index >= 15 is 0 Å². The van der Waals surface area contributed by atoms with Gasteiger partial charge in [0.15, 0.2) is 0 Å². The third kappa shape index (κ3) is 3.09. The molecule has 1 aliphatic rings. The SMILES string of the molecule is C#CCNC(=O)c1ccc2c(c1)C[C@H](c1ccccc1)OC2=O. The van der Waals surface area contributed by atoms with E-state index in [0.717, 1.165) is 11.1 Å². The normalized spacial score (nSPS) is 16.0. The van der Waals surface area contributed by atoms with Gasteiger partial charge in [0.2, 0.25) is 0 Å². The van der Waals surface area contributed by atoms with Crippen molar-refractivity contribution < 1.29 is 14.3 Å². The van der Waals surface area contributed by atoms with E-state index in [2.05, 4.69) is 11.2 Å². The van der Waals surface area contributed by atoms with Gasteiger partial charge in [0.1, 0.15) is 6.10 Å². The molecule has 0 fully saturated rings. The molecule has 1 heterocycles. The van der Waals surface area contributed by atoms with Crippen LogP contribution in [0.2, 0.25) is 0 Å². The van der Waals surface area contributed by atoms with Crippen LogP contribution >= 0.6 is 0 Å². The van der Waals surface area contributed by atoms with Crippen LogP contribution in [0.25, 0.3) is 0 Å². The Bertz CT molecular complexity index is 790. The molecular weight excluding hydrogens is 290 g/mol. The first-order valence-electron chi connectivity index (χ1n) is 7.29. The van der Waals surface area contributed by atoms with Crippen molar-refractivity contribution in [1.82, 2.24) is 5.32 Å². The molecule has 0 aliphatic carbocycles. The summed E-state index contributed by atoms with van der Waals surface area (Å²) in [6.45, 7) is 0.171. The zero-order valence-corrected chi connectivity index (χ0v) is 12.4. The number of carbonyl (C=O) groups is 2. The number of amides is 1. The fourth-order valence-corrected chi connectivity index (χ4v) is 2.62. The van der Waals surface area contributed by atoms with E-state index in [4.69, 9.17) is 11.2 Å². The Balaban J connectivity index is 1.88. The first-order chi connectivity index (χ1) is 11.2. The quantitative estimate of drug-likeness (QED) is 0.700. The maximum atomic E-state index is 12.2. The van der Waals surface area contributed by atoms with E-state index in [9.17, 15) is 9.59 Å². The Kier molecular flexibility index (Phi) is 4.11. The van der Waals surface area contributed by atoms with Gasteiger partial charge in [-0.3, -0.25) is 4.79 Å². The van der Waals surface area contributed by atoms with Gasteiger partial charge in [0, 0.05) is 12.0 Å². The Morgan fingerprint density at radius 3 is 2.78 bits per heavy atom. The number of benzene rings is 2. The molecule has 1 amide bonds. The minimum absolute atomic E-state index is 0.171. The van der Waals surface area contributed by atoms with Crippen LogP contribution in [0.4, 0.5) is 0 Å². The molecule has 1 aliphatic heterocycles. The molecule has 3 rings (SSSR count). The standard InChI is InChI=1S/C19H15NO3/c1-2-10-20-18(21)14-8-9-16-15(11-14)12-17(23-19(16)22)13-6-4-3-5-7-13/h1,3-9,11,17H,10,12H2,(H,20,21)/t17-/m1/s1. The van der Waals surface area contributed by atoms with E-state index in [1.807, 2.05) is 30.3 Å². The predicted octanol–water partition coefficient (Wildman–Crippen LogP) is 2.50. The minimum atomic E-state index is -0.365. The zero-order valence-electron chi connectivity index (χ0n) is 12.4. The molecule has 2 aromatic carbocycles. The zero-order chi connectivity index (χ0) is 16.2. The summed E-state index contributed by atoms with van der Waals surface area (Å²) in [7, 11) is 0. The van der Waals surface area contributed by atoms with Crippen molar-refractivity contribution in [3.63, 3.8) is 0 Å². The van der Waals surface area contributed by atoms with Crippen LogP contribution in [0.15, 0.2) is 48.5 Å². The number of carbonyl (C=O) groups excluding carboxylic acids is 2. The molecule has 23 heavy (non-hydrogen) atoms. The summed E-state index contributed by atoms with van der Waals surface area (Å²) < 4.78 is 5.50. The summed E-state index contributed by atoms with van der Waals surface area (Å²) in [5, 5.41) is 2.62. The molecule has 1 atom stereocenters. The van der Waals surface area contributed by atoms with E-state index in [1.165, 1.54) is 0 Å². The van der Waals surface area contributed by atoms with Crippen LogP contribution in [0.5, 0.6) is 0 Å². The second-order valence-electron chi connectivity index (χ2n) is 5.27. The van der Waals surface area contributed by atoms with E-state index in [-0.39, 0.29) is 24.5 Å². The van der Waals surface area contributed by atoms with Gasteiger partial charge in [0.05, 0.1) is 12.1 Å². The highest BCUT2D eigenvalue weighted by Gasteiger charge is 2.28. The molecule has 0 bridgehead atoms. The molecule has 2 aromatic rings. The summed E-state index contributed by atoms with van der Waals surface area (Å²) in [4.78, 5) is 24.2. The van der Waals surface area contributed by atoms with Crippen molar-refractivity contribution in [3.05, 3.63) is 70.8 Å². The lowest BCUT2D eigenvalue weighted by Crippen LogP contribution is -2.25. The molecule has 0 saturated heterocycles. The smallest absolute Gasteiger partial charge is 0.339 e. The highest BCUT2D eigenvalue weighted by molar-refractivity contribution is 5.97. The number of cyclic esters (lactones) is 1. The Morgan fingerprint density at radius 1 is 1.26 bits per heavy atom. The van der Waals surface area contributed by atoms with Crippen LogP contribution in [-0.2, 0) is 11.2 Å². The van der Waals surface area contributed by atoms with Crippen LogP contribution < -0.4 is 5.32 Å². The van der Waals surface area contributed by atoms with Gasteiger partial charge >= 0.3 is 5.97 Å². The molecule has 0 spiro atoms. The third-order valence-electron chi connectivity index (χ3n) is 3.76. The van der Waals surface area contributed by atoms with Crippen molar-refractivity contribution in [2.45, 2.75) is 12.5 Å². The maximum absolute atomic E-state index is 12.2. The summed E-state index contributed by atoms with van der Waals surface area (Å²) in [6.07, 6.45) is 5.35. The van der Waals surface area contributed by atoms with Gasteiger partial charge in [-0.2, -0.15) is 0 Å². The lowest BCUT2D eigenvalue weighted by molar-refractivity contribution is 0.0252. The second kappa shape index (κ2) is 6.37. The highest BCUT2D eigenvalue weighted by Crippen LogP contribution is 2.30. The number of nitrogens with one attached hydrogen (secondary N) is 1. The van der Waals surface area contributed by atoms with Crippen molar-refractivity contribution in [2.24, 2.45) is 0 Å².